The topological polar surface area (TPSA) is 83.7 Å². The van der Waals surface area contributed by atoms with Crippen molar-refractivity contribution in [1.29, 1.82) is 0 Å². The molecule has 1 saturated heterocycles. The summed E-state index contributed by atoms with van der Waals surface area (Å²) in [6.45, 7) is 2.51. The number of carbonyl (C=O) groups excluding carboxylic acids is 1. The van der Waals surface area contributed by atoms with Gasteiger partial charge in [-0.3, -0.25) is 4.79 Å². The number of hydrogen-bond donors (Lipinski definition) is 1. The summed E-state index contributed by atoms with van der Waals surface area (Å²) in [5.41, 5.74) is 6.70. The van der Waals surface area contributed by atoms with Gasteiger partial charge in [-0.1, -0.05) is 6.07 Å². The van der Waals surface area contributed by atoms with Crippen molar-refractivity contribution in [3.05, 3.63) is 23.8 Å². The molecule has 0 bridgehead atoms. The van der Waals surface area contributed by atoms with Gasteiger partial charge in [-0.25, -0.2) is 8.42 Å². The average Bonchev–Trinajstić information content (AvgIpc) is 2.55. The molecule has 1 aliphatic heterocycles. The second kappa shape index (κ2) is 5.41. The summed E-state index contributed by atoms with van der Waals surface area (Å²) < 4.78 is 26.6. The molecule has 110 valence electrons. The molecular weight excluding hydrogens is 278 g/mol. The van der Waals surface area contributed by atoms with Crippen LogP contribution >= 0.6 is 0 Å². The van der Waals surface area contributed by atoms with Gasteiger partial charge >= 0.3 is 0 Å². The van der Waals surface area contributed by atoms with E-state index in [2.05, 4.69) is 0 Å². The molecule has 1 aromatic carbocycles. The number of anilines is 1. The second-order valence-electron chi connectivity index (χ2n) is 5.03. The number of amides is 1. The summed E-state index contributed by atoms with van der Waals surface area (Å²) in [6.07, 6.45) is 0.628. The highest BCUT2D eigenvalue weighted by atomic mass is 32.2. The van der Waals surface area contributed by atoms with E-state index >= 15 is 0 Å². The molecule has 7 heteroatoms. The number of sulfonamides is 1. The smallest absolute Gasteiger partial charge is 0.243 e. The van der Waals surface area contributed by atoms with Crippen molar-refractivity contribution in [2.75, 3.05) is 32.4 Å². The first kappa shape index (κ1) is 14.8. The number of benzene rings is 1. The van der Waals surface area contributed by atoms with Crippen LogP contribution in [-0.2, 0) is 14.8 Å². The molecule has 20 heavy (non-hydrogen) atoms. The quantitative estimate of drug-likeness (QED) is 0.802. The zero-order valence-corrected chi connectivity index (χ0v) is 12.5. The van der Waals surface area contributed by atoms with Crippen LogP contribution in [-0.4, -0.2) is 50.2 Å². The van der Waals surface area contributed by atoms with Crippen LogP contribution in [0.4, 0.5) is 5.69 Å². The summed E-state index contributed by atoms with van der Waals surface area (Å²) in [5.74, 6) is -0.187. The number of nitrogens with two attached hydrogens (primary N) is 1. The number of aryl methyl sites for hydroxylation is 1. The summed E-state index contributed by atoms with van der Waals surface area (Å²) in [5, 5.41) is 0. The molecule has 0 spiro atoms. The molecule has 2 N–H and O–H groups in total. The molecular formula is C13H19N3O3S. The fourth-order valence-electron chi connectivity index (χ4n) is 2.20. The maximum atomic E-state index is 12.7. The van der Waals surface area contributed by atoms with E-state index in [4.69, 9.17) is 5.73 Å². The molecule has 0 aliphatic carbocycles. The Bertz CT molecular complexity index is 628. The standard InChI is InChI=1S/C13H19N3O3S/c1-10-4-5-11(14)8-12(10)20(18,19)16-7-3-6-15(2)13(17)9-16/h4-5,8H,3,6-7,9,14H2,1-2H3. The Morgan fingerprint density at radius 3 is 2.65 bits per heavy atom. The van der Waals surface area contributed by atoms with E-state index in [1.165, 1.54) is 10.4 Å². The van der Waals surface area contributed by atoms with Gasteiger partial charge < -0.3 is 10.6 Å². The third-order valence-electron chi connectivity index (χ3n) is 3.47. The maximum absolute atomic E-state index is 12.7. The minimum Gasteiger partial charge on any atom is -0.399 e. The molecule has 1 aliphatic rings. The highest BCUT2D eigenvalue weighted by Crippen LogP contribution is 2.23. The molecule has 0 saturated carbocycles. The lowest BCUT2D eigenvalue weighted by Crippen LogP contribution is -2.38. The van der Waals surface area contributed by atoms with E-state index in [1.807, 2.05) is 0 Å². The average molecular weight is 297 g/mol. The van der Waals surface area contributed by atoms with Crippen molar-refractivity contribution in [2.24, 2.45) is 0 Å². The van der Waals surface area contributed by atoms with Crippen LogP contribution in [0, 0.1) is 6.92 Å². The molecule has 0 atom stereocenters. The van der Waals surface area contributed by atoms with Gasteiger partial charge in [-0.2, -0.15) is 4.31 Å². The van der Waals surface area contributed by atoms with Crippen LogP contribution in [0.25, 0.3) is 0 Å². The minimum atomic E-state index is -3.69. The zero-order chi connectivity index (χ0) is 14.9. The van der Waals surface area contributed by atoms with E-state index in [1.54, 1.807) is 31.0 Å². The van der Waals surface area contributed by atoms with Crippen LogP contribution in [0.2, 0.25) is 0 Å². The molecule has 1 amide bonds. The normalized spacial score (nSPS) is 18.1. The van der Waals surface area contributed by atoms with Crippen LogP contribution in [0.15, 0.2) is 23.1 Å². The first-order valence-electron chi connectivity index (χ1n) is 6.42. The van der Waals surface area contributed by atoms with Crippen molar-refractivity contribution in [1.82, 2.24) is 9.21 Å². The zero-order valence-electron chi connectivity index (χ0n) is 11.7. The first-order chi connectivity index (χ1) is 9.32. The molecule has 0 radical (unpaired) electrons. The third-order valence-corrected chi connectivity index (χ3v) is 5.46. The Morgan fingerprint density at radius 2 is 1.95 bits per heavy atom. The third kappa shape index (κ3) is 2.78. The van der Waals surface area contributed by atoms with Gasteiger partial charge in [0.15, 0.2) is 0 Å². The lowest BCUT2D eigenvalue weighted by molar-refractivity contribution is -0.129. The van der Waals surface area contributed by atoms with E-state index in [9.17, 15) is 13.2 Å². The first-order valence-corrected chi connectivity index (χ1v) is 7.86. The van der Waals surface area contributed by atoms with Crippen LogP contribution in [0.5, 0.6) is 0 Å². The van der Waals surface area contributed by atoms with Crippen molar-refractivity contribution in [2.45, 2.75) is 18.2 Å². The van der Waals surface area contributed by atoms with E-state index < -0.39 is 10.0 Å². The SMILES string of the molecule is Cc1ccc(N)cc1S(=O)(=O)N1CCCN(C)C(=O)C1. The van der Waals surface area contributed by atoms with E-state index in [0.717, 1.165) is 0 Å². The number of nitrogen functional groups attached to an aromatic ring is 1. The van der Waals surface area contributed by atoms with Gasteiger partial charge in [0, 0.05) is 25.8 Å². The number of nitrogens with zero attached hydrogens (tertiary/aromatic N) is 2. The summed E-state index contributed by atoms with van der Waals surface area (Å²) >= 11 is 0. The largest absolute Gasteiger partial charge is 0.399 e. The fourth-order valence-corrected chi connectivity index (χ4v) is 3.89. The van der Waals surface area contributed by atoms with Gasteiger partial charge in [0.25, 0.3) is 0 Å². The van der Waals surface area contributed by atoms with Crippen molar-refractivity contribution < 1.29 is 13.2 Å². The predicted octanol–water partition coefficient (Wildman–Crippen LogP) is 0.430. The molecule has 0 unspecified atom stereocenters. The summed E-state index contributed by atoms with van der Waals surface area (Å²) in [4.78, 5) is 13.6. The monoisotopic (exact) mass is 297 g/mol. The van der Waals surface area contributed by atoms with E-state index in [-0.39, 0.29) is 17.3 Å². The fraction of sp³-hybridized carbons (Fsp3) is 0.462. The Morgan fingerprint density at radius 1 is 1.25 bits per heavy atom. The number of likely N-dealkylation sites (N-methyl/N-ethyl adjacent to an activating group) is 1. The number of rotatable bonds is 2. The van der Waals surface area contributed by atoms with Crippen LogP contribution in [0.3, 0.4) is 0 Å². The predicted molar refractivity (Wildman–Crippen MR) is 76.6 cm³/mol. The van der Waals surface area contributed by atoms with Gasteiger partial charge in [-0.05, 0) is 31.0 Å². The number of hydrogen-bond acceptors (Lipinski definition) is 4. The van der Waals surface area contributed by atoms with Gasteiger partial charge in [0.2, 0.25) is 15.9 Å². The van der Waals surface area contributed by atoms with Crippen molar-refractivity contribution in [3.8, 4) is 0 Å². The molecule has 1 heterocycles. The Hall–Kier alpha value is -1.60. The molecule has 2 rings (SSSR count). The van der Waals surface area contributed by atoms with Crippen LogP contribution in [0.1, 0.15) is 12.0 Å². The van der Waals surface area contributed by atoms with Crippen molar-refractivity contribution >= 4 is 21.6 Å². The molecule has 6 nitrogen and oxygen atoms in total. The summed E-state index contributed by atoms with van der Waals surface area (Å²) in [7, 11) is -2.00. The Labute approximate surface area is 119 Å². The van der Waals surface area contributed by atoms with E-state index in [0.29, 0.717) is 30.8 Å². The van der Waals surface area contributed by atoms with Gasteiger partial charge in [0.1, 0.15) is 0 Å². The second-order valence-corrected chi connectivity index (χ2v) is 6.94. The molecule has 1 fully saturated rings. The maximum Gasteiger partial charge on any atom is 0.243 e. The van der Waals surface area contributed by atoms with Gasteiger partial charge in [0.05, 0.1) is 11.4 Å². The van der Waals surface area contributed by atoms with Crippen LogP contribution < -0.4 is 5.73 Å². The molecule has 0 aromatic heterocycles. The lowest BCUT2D eigenvalue weighted by Gasteiger charge is -2.20. The minimum absolute atomic E-state index is 0.118. The molecule has 1 aromatic rings. The summed E-state index contributed by atoms with van der Waals surface area (Å²) in [6, 6.07) is 4.79. The number of carbonyl (C=O) groups is 1. The Balaban J connectivity index is 2.39. The highest BCUT2D eigenvalue weighted by molar-refractivity contribution is 7.89. The van der Waals surface area contributed by atoms with Crippen molar-refractivity contribution in [3.63, 3.8) is 0 Å². The van der Waals surface area contributed by atoms with Gasteiger partial charge in [-0.15, -0.1) is 0 Å². The lowest BCUT2D eigenvalue weighted by atomic mass is 10.2. The highest BCUT2D eigenvalue weighted by Gasteiger charge is 2.30. The Kier molecular flexibility index (Phi) is 4.01.